The van der Waals surface area contributed by atoms with E-state index >= 15 is 0 Å². The maximum absolute atomic E-state index is 12.3. The third-order valence-corrected chi connectivity index (χ3v) is 2.15. The second-order valence-corrected chi connectivity index (χ2v) is 3.34. The lowest BCUT2D eigenvalue weighted by Crippen LogP contribution is -2.35. The van der Waals surface area contributed by atoms with Crippen molar-refractivity contribution in [2.75, 3.05) is 23.7 Å². The fourth-order valence-electron chi connectivity index (χ4n) is 1.33. The van der Waals surface area contributed by atoms with Crippen LogP contribution >= 0.6 is 0 Å². The molecule has 0 aliphatic rings. The summed E-state index contributed by atoms with van der Waals surface area (Å²) in [7, 11) is 0. The Balaban J connectivity index is 3.00. The van der Waals surface area contributed by atoms with Gasteiger partial charge in [0.15, 0.2) is 0 Å². The Labute approximate surface area is 91.3 Å². The monoisotopic (exact) mass is 234 g/mol. The molecule has 1 aromatic heterocycles. The van der Waals surface area contributed by atoms with Crippen LogP contribution in [0.3, 0.4) is 0 Å². The van der Waals surface area contributed by atoms with E-state index < -0.39 is 12.7 Å². The maximum atomic E-state index is 12.3. The van der Waals surface area contributed by atoms with E-state index in [1.54, 1.807) is 13.8 Å². The predicted molar refractivity (Wildman–Crippen MR) is 55.1 cm³/mol. The summed E-state index contributed by atoms with van der Waals surface area (Å²) in [5.74, 6) is 0.429. The average Bonchev–Trinajstić information content (AvgIpc) is 2.18. The minimum atomic E-state index is -4.26. The first kappa shape index (κ1) is 12.5. The average molecular weight is 234 g/mol. The molecule has 0 saturated carbocycles. The van der Waals surface area contributed by atoms with Crippen molar-refractivity contribution >= 4 is 11.6 Å². The van der Waals surface area contributed by atoms with Gasteiger partial charge in [0.1, 0.15) is 24.5 Å². The van der Waals surface area contributed by atoms with Gasteiger partial charge in [0.2, 0.25) is 0 Å². The molecule has 0 saturated heterocycles. The van der Waals surface area contributed by atoms with E-state index in [1.165, 1.54) is 0 Å². The highest BCUT2D eigenvalue weighted by Crippen LogP contribution is 2.24. The quantitative estimate of drug-likeness (QED) is 0.865. The summed E-state index contributed by atoms with van der Waals surface area (Å²) < 4.78 is 36.9. The van der Waals surface area contributed by atoms with Gasteiger partial charge in [0.25, 0.3) is 0 Å². The molecule has 0 amide bonds. The molecule has 0 unspecified atom stereocenters. The molecule has 1 aromatic rings. The zero-order valence-corrected chi connectivity index (χ0v) is 9.04. The zero-order valence-electron chi connectivity index (χ0n) is 9.04. The van der Waals surface area contributed by atoms with Gasteiger partial charge < -0.3 is 10.6 Å². The van der Waals surface area contributed by atoms with Crippen molar-refractivity contribution in [2.24, 2.45) is 0 Å². The Hall–Kier alpha value is -1.53. The lowest BCUT2D eigenvalue weighted by molar-refractivity contribution is -0.119. The predicted octanol–water partition coefficient (Wildman–Crippen LogP) is 1.76. The Bertz CT molecular complexity index is 364. The molecule has 7 heteroatoms. The van der Waals surface area contributed by atoms with Crippen LogP contribution in [0.2, 0.25) is 0 Å². The van der Waals surface area contributed by atoms with Crippen LogP contribution in [0, 0.1) is 6.92 Å². The zero-order chi connectivity index (χ0) is 12.3. The van der Waals surface area contributed by atoms with Gasteiger partial charge in [0.05, 0.1) is 0 Å². The highest BCUT2D eigenvalue weighted by atomic mass is 19.4. The summed E-state index contributed by atoms with van der Waals surface area (Å²) in [5, 5.41) is 0. The van der Waals surface area contributed by atoms with Crippen LogP contribution in [0.4, 0.5) is 24.8 Å². The largest absolute Gasteiger partial charge is 0.405 e. The number of nitrogens with two attached hydrogens (primary N) is 1. The number of anilines is 2. The van der Waals surface area contributed by atoms with E-state index in [1.807, 2.05) is 0 Å². The van der Waals surface area contributed by atoms with E-state index in [0.717, 1.165) is 11.2 Å². The number of alkyl halides is 3. The molecule has 0 aromatic carbocycles. The van der Waals surface area contributed by atoms with Crippen LogP contribution in [0.1, 0.15) is 12.5 Å². The molecule has 90 valence electrons. The maximum Gasteiger partial charge on any atom is 0.405 e. The molecule has 0 radical (unpaired) electrons. The minimum Gasteiger partial charge on any atom is -0.383 e. The molecule has 4 nitrogen and oxygen atoms in total. The van der Waals surface area contributed by atoms with Crippen molar-refractivity contribution in [1.82, 2.24) is 9.97 Å². The van der Waals surface area contributed by atoms with Gasteiger partial charge in [-0.2, -0.15) is 13.2 Å². The molecule has 0 aliphatic carbocycles. The van der Waals surface area contributed by atoms with E-state index in [0.29, 0.717) is 5.56 Å². The van der Waals surface area contributed by atoms with Crippen molar-refractivity contribution in [3.05, 3.63) is 11.9 Å². The van der Waals surface area contributed by atoms with Crippen molar-refractivity contribution in [3.63, 3.8) is 0 Å². The fourth-order valence-corrected chi connectivity index (χ4v) is 1.33. The van der Waals surface area contributed by atoms with Gasteiger partial charge in [-0.25, -0.2) is 9.97 Å². The minimum absolute atomic E-state index is 0.200. The smallest absolute Gasteiger partial charge is 0.383 e. The molecular weight excluding hydrogens is 221 g/mol. The van der Waals surface area contributed by atoms with Crippen molar-refractivity contribution in [3.8, 4) is 0 Å². The first-order valence-corrected chi connectivity index (χ1v) is 4.74. The van der Waals surface area contributed by atoms with E-state index in [2.05, 4.69) is 9.97 Å². The van der Waals surface area contributed by atoms with Crippen molar-refractivity contribution < 1.29 is 13.2 Å². The molecule has 1 rings (SSSR count). The van der Waals surface area contributed by atoms with Gasteiger partial charge in [-0.15, -0.1) is 0 Å². The van der Waals surface area contributed by atoms with Crippen LogP contribution in [-0.2, 0) is 0 Å². The van der Waals surface area contributed by atoms with E-state index in [-0.39, 0.29) is 18.2 Å². The lowest BCUT2D eigenvalue weighted by Gasteiger charge is -2.24. The first-order chi connectivity index (χ1) is 7.35. The molecule has 0 aliphatic heterocycles. The Morgan fingerprint density at radius 3 is 2.50 bits per heavy atom. The SMILES string of the molecule is CCN(CC(F)(F)F)c1ncnc(N)c1C. The van der Waals surface area contributed by atoms with E-state index in [4.69, 9.17) is 5.73 Å². The van der Waals surface area contributed by atoms with Gasteiger partial charge in [-0.1, -0.05) is 0 Å². The third kappa shape index (κ3) is 2.98. The third-order valence-electron chi connectivity index (χ3n) is 2.15. The second-order valence-electron chi connectivity index (χ2n) is 3.34. The van der Waals surface area contributed by atoms with Crippen molar-refractivity contribution in [2.45, 2.75) is 20.0 Å². The van der Waals surface area contributed by atoms with Crippen LogP contribution in [-0.4, -0.2) is 29.2 Å². The van der Waals surface area contributed by atoms with Crippen LogP contribution in [0.5, 0.6) is 0 Å². The van der Waals surface area contributed by atoms with Gasteiger partial charge >= 0.3 is 6.18 Å². The number of nitrogens with zero attached hydrogens (tertiary/aromatic N) is 3. The highest BCUT2D eigenvalue weighted by Gasteiger charge is 2.31. The Morgan fingerprint density at radius 2 is 2.00 bits per heavy atom. The van der Waals surface area contributed by atoms with Crippen molar-refractivity contribution in [1.29, 1.82) is 0 Å². The van der Waals surface area contributed by atoms with Crippen LogP contribution in [0.15, 0.2) is 6.33 Å². The summed E-state index contributed by atoms with van der Waals surface area (Å²) in [6, 6.07) is 0. The number of hydrogen-bond donors (Lipinski definition) is 1. The number of halogens is 3. The number of nitrogen functional groups attached to an aromatic ring is 1. The first-order valence-electron chi connectivity index (χ1n) is 4.74. The van der Waals surface area contributed by atoms with Crippen LogP contribution < -0.4 is 10.6 Å². The topological polar surface area (TPSA) is 55.0 Å². The molecule has 0 spiro atoms. The van der Waals surface area contributed by atoms with Gasteiger partial charge in [0, 0.05) is 12.1 Å². The Kier molecular flexibility index (Phi) is 3.56. The summed E-state index contributed by atoms with van der Waals surface area (Å²) >= 11 is 0. The summed E-state index contributed by atoms with van der Waals surface area (Å²) in [4.78, 5) is 8.66. The van der Waals surface area contributed by atoms with E-state index in [9.17, 15) is 13.2 Å². The lowest BCUT2D eigenvalue weighted by atomic mass is 10.3. The molecule has 16 heavy (non-hydrogen) atoms. The van der Waals surface area contributed by atoms with Crippen LogP contribution in [0.25, 0.3) is 0 Å². The Morgan fingerprint density at radius 1 is 1.38 bits per heavy atom. The number of rotatable bonds is 3. The molecule has 0 fully saturated rings. The highest BCUT2D eigenvalue weighted by molar-refractivity contribution is 5.55. The molecular formula is C9H13F3N4. The standard InChI is InChI=1S/C9H13F3N4/c1-3-16(4-9(10,11)12)8-6(2)7(13)14-5-15-8/h5H,3-4H2,1-2H3,(H2,13,14,15). The summed E-state index contributed by atoms with van der Waals surface area (Å²) in [6.45, 7) is 2.39. The van der Waals surface area contributed by atoms with Gasteiger partial charge in [-0.05, 0) is 13.8 Å². The molecule has 0 bridgehead atoms. The van der Waals surface area contributed by atoms with Gasteiger partial charge in [-0.3, -0.25) is 0 Å². The molecule has 2 N–H and O–H groups in total. The summed E-state index contributed by atoms with van der Waals surface area (Å²) in [5.41, 5.74) is 5.98. The number of hydrogen-bond acceptors (Lipinski definition) is 4. The molecule has 0 atom stereocenters. The fraction of sp³-hybridized carbons (Fsp3) is 0.556. The number of aromatic nitrogens is 2. The normalized spacial score (nSPS) is 11.6. The second kappa shape index (κ2) is 4.54. The summed E-state index contributed by atoms with van der Waals surface area (Å²) in [6.07, 6.45) is -3.10. The molecule has 1 heterocycles.